The predicted octanol–water partition coefficient (Wildman–Crippen LogP) is 4.87. The van der Waals surface area contributed by atoms with Crippen LogP contribution in [0, 0.1) is 0 Å². The first-order valence-electron chi connectivity index (χ1n) is 12.8. The molecule has 0 spiro atoms. The molecule has 3 aliphatic heterocycles. The molecule has 40 heavy (non-hydrogen) atoms. The summed E-state index contributed by atoms with van der Waals surface area (Å²) >= 11 is 6.58. The number of benzene rings is 2. The number of carbonyl (C=O) groups is 1. The molecular weight excluding hydrogens is 547 g/mol. The summed E-state index contributed by atoms with van der Waals surface area (Å²) in [5, 5.41) is 11.7. The molecule has 0 radical (unpaired) electrons. The number of nitrogens with one attached hydrogen (secondary N) is 2. The Morgan fingerprint density at radius 2 is 2.02 bits per heavy atom. The second kappa shape index (κ2) is 11.1. The molecule has 2 unspecified atom stereocenters. The number of aliphatic imine (C=N–C) groups is 1. The highest BCUT2D eigenvalue weighted by atomic mass is 35.5. The fourth-order valence-electron chi connectivity index (χ4n) is 5.26. The summed E-state index contributed by atoms with van der Waals surface area (Å²) in [7, 11) is 0. The highest BCUT2D eigenvalue weighted by molar-refractivity contribution is 6.34. The lowest BCUT2D eigenvalue weighted by atomic mass is 9.76. The van der Waals surface area contributed by atoms with Crippen molar-refractivity contribution in [2.45, 2.75) is 31.0 Å². The molecule has 13 heteroatoms. The molecule has 9 nitrogen and oxygen atoms in total. The molecule has 1 saturated heterocycles. The lowest BCUT2D eigenvalue weighted by Gasteiger charge is -2.36. The Morgan fingerprint density at radius 1 is 1.20 bits per heavy atom. The van der Waals surface area contributed by atoms with Crippen LogP contribution in [0.5, 0.6) is 0 Å². The van der Waals surface area contributed by atoms with Gasteiger partial charge in [0.2, 0.25) is 0 Å². The van der Waals surface area contributed by atoms with Crippen molar-refractivity contribution in [2.75, 3.05) is 43.5 Å². The maximum Gasteiger partial charge on any atom is 0.416 e. The van der Waals surface area contributed by atoms with Gasteiger partial charge in [-0.3, -0.25) is 9.91 Å². The van der Waals surface area contributed by atoms with E-state index in [2.05, 4.69) is 31.7 Å². The van der Waals surface area contributed by atoms with Crippen molar-refractivity contribution >= 4 is 41.2 Å². The van der Waals surface area contributed by atoms with Gasteiger partial charge < -0.3 is 21.1 Å². The molecule has 5 rings (SSSR count). The molecule has 0 aliphatic carbocycles. The van der Waals surface area contributed by atoms with Crippen LogP contribution in [0.2, 0.25) is 5.02 Å². The van der Waals surface area contributed by atoms with Crippen molar-refractivity contribution in [2.24, 2.45) is 15.8 Å². The van der Waals surface area contributed by atoms with Crippen LogP contribution in [0.4, 0.5) is 29.3 Å². The number of anilines is 2. The van der Waals surface area contributed by atoms with E-state index in [-0.39, 0.29) is 16.8 Å². The van der Waals surface area contributed by atoms with Gasteiger partial charge in [-0.15, -0.1) is 0 Å². The molecule has 0 aromatic heterocycles. The quantitative estimate of drug-likeness (QED) is 0.472. The zero-order chi connectivity index (χ0) is 28.5. The van der Waals surface area contributed by atoms with Gasteiger partial charge in [0.05, 0.1) is 22.9 Å². The molecular formula is C27H29ClF3N7O2. The Hall–Kier alpha value is -3.61. The highest BCUT2D eigenvalue weighted by Gasteiger charge is 2.48. The summed E-state index contributed by atoms with van der Waals surface area (Å²) in [5.41, 5.74) is 7.00. The average Bonchev–Trinajstić information content (AvgIpc) is 3.03. The number of urea groups is 1. The molecule has 1 fully saturated rings. The van der Waals surface area contributed by atoms with Crippen molar-refractivity contribution in [1.82, 2.24) is 9.91 Å². The molecule has 4 N–H and O–H groups in total. The molecule has 2 atom stereocenters. The predicted molar refractivity (Wildman–Crippen MR) is 149 cm³/mol. The number of nitrogens with zero attached hydrogens (tertiary/aromatic N) is 4. The fraction of sp³-hybridized carbons (Fsp3) is 0.370. The Balaban J connectivity index is 1.35. The second-order valence-corrected chi connectivity index (χ2v) is 10.5. The Kier molecular flexibility index (Phi) is 7.76. The highest BCUT2D eigenvalue weighted by Crippen LogP contribution is 2.43. The van der Waals surface area contributed by atoms with Crippen LogP contribution in [0.1, 0.15) is 24.5 Å². The summed E-state index contributed by atoms with van der Waals surface area (Å²) in [5.74, 6) is 0.418. The van der Waals surface area contributed by atoms with Crippen LogP contribution in [-0.2, 0) is 16.3 Å². The van der Waals surface area contributed by atoms with E-state index in [1.165, 1.54) is 18.5 Å². The van der Waals surface area contributed by atoms with Crippen LogP contribution in [0.3, 0.4) is 0 Å². The van der Waals surface area contributed by atoms with E-state index in [1.807, 2.05) is 18.0 Å². The van der Waals surface area contributed by atoms with E-state index < -0.39 is 23.2 Å². The van der Waals surface area contributed by atoms with E-state index in [0.717, 1.165) is 49.5 Å². The number of carbonyl (C=O) groups excluding carboxylic acids is 1. The zero-order valence-corrected chi connectivity index (χ0v) is 22.5. The Morgan fingerprint density at radius 3 is 2.80 bits per heavy atom. The minimum absolute atomic E-state index is 0.000112. The third kappa shape index (κ3) is 5.79. The van der Waals surface area contributed by atoms with Crippen molar-refractivity contribution in [3.8, 4) is 0 Å². The number of hydrogen-bond acceptors (Lipinski definition) is 7. The molecule has 2 aromatic carbocycles. The van der Waals surface area contributed by atoms with Crippen LogP contribution in [0.25, 0.3) is 0 Å². The van der Waals surface area contributed by atoms with Crippen molar-refractivity contribution < 1.29 is 22.7 Å². The summed E-state index contributed by atoms with van der Waals surface area (Å²) in [4.78, 5) is 19.1. The monoisotopic (exact) mass is 575 g/mol. The zero-order valence-electron chi connectivity index (χ0n) is 21.7. The number of amidine groups is 1. The number of fused-ring (bicyclic) bond motifs is 1. The molecule has 3 heterocycles. The fourth-order valence-corrected chi connectivity index (χ4v) is 5.48. The SMILES string of the molecule is CC1(c2ccc(NC(=O)Nc3cccc(C(F)(F)F)c3)c(Cl)c2)C=C(CN2CCCOCC2)N2N=CN=C(N)C21. The normalized spacial score (nSPS) is 23.2. The number of nitrogens with two attached hydrogens (primary N) is 1. The largest absolute Gasteiger partial charge is 0.416 e. The standard InChI is InChI=1S/C27H29ClF3N7O2/c1-26(14-20(15-37-8-3-10-40-11-9-37)38-23(26)24(32)33-16-34-38)17-6-7-22(21(28)13-17)36-25(39)35-19-5-2-4-18(12-19)27(29,30)31/h2,4-7,12-14,16,23H,3,8-11,15H2,1H3,(H2,32,33,34)(H2,35,36,39). The lowest BCUT2D eigenvalue weighted by molar-refractivity contribution is -0.137. The first-order valence-corrected chi connectivity index (χ1v) is 13.1. The Bertz CT molecular complexity index is 1370. The van der Waals surface area contributed by atoms with Crippen molar-refractivity contribution in [1.29, 1.82) is 0 Å². The second-order valence-electron chi connectivity index (χ2n) is 10.0. The Labute approximate surface area is 234 Å². The van der Waals surface area contributed by atoms with Gasteiger partial charge in [0, 0.05) is 43.0 Å². The van der Waals surface area contributed by atoms with Crippen LogP contribution in [-0.4, -0.2) is 67.0 Å². The molecule has 2 amide bonds. The maximum atomic E-state index is 13.0. The smallest absolute Gasteiger partial charge is 0.385 e. The average molecular weight is 576 g/mol. The first-order chi connectivity index (χ1) is 19.0. The van der Waals surface area contributed by atoms with Gasteiger partial charge >= 0.3 is 12.2 Å². The van der Waals surface area contributed by atoms with Gasteiger partial charge in [-0.05, 0) is 55.3 Å². The number of ether oxygens (including phenoxy) is 1. The van der Waals surface area contributed by atoms with E-state index >= 15 is 0 Å². The van der Waals surface area contributed by atoms with Gasteiger partial charge in [-0.2, -0.15) is 18.3 Å². The number of rotatable bonds is 5. The number of hydrazone groups is 1. The van der Waals surface area contributed by atoms with Gasteiger partial charge in [0.15, 0.2) is 0 Å². The van der Waals surface area contributed by atoms with Gasteiger partial charge in [0.1, 0.15) is 18.2 Å². The number of hydrogen-bond donors (Lipinski definition) is 3. The van der Waals surface area contributed by atoms with E-state index in [9.17, 15) is 18.0 Å². The third-order valence-electron chi connectivity index (χ3n) is 7.22. The lowest BCUT2D eigenvalue weighted by Crippen LogP contribution is -2.51. The van der Waals surface area contributed by atoms with E-state index in [4.69, 9.17) is 22.1 Å². The third-order valence-corrected chi connectivity index (χ3v) is 7.54. The molecule has 212 valence electrons. The van der Waals surface area contributed by atoms with Crippen LogP contribution >= 0.6 is 11.6 Å². The number of amides is 2. The number of halogens is 4. The summed E-state index contributed by atoms with van der Waals surface area (Å²) in [6, 6.07) is 8.50. The minimum Gasteiger partial charge on any atom is -0.385 e. The van der Waals surface area contributed by atoms with E-state index in [0.29, 0.717) is 24.7 Å². The van der Waals surface area contributed by atoms with Crippen molar-refractivity contribution in [3.05, 3.63) is 70.4 Å². The summed E-state index contributed by atoms with van der Waals surface area (Å²) < 4.78 is 44.6. The molecule has 2 aromatic rings. The first kappa shape index (κ1) is 27.9. The molecule has 0 saturated carbocycles. The molecule has 0 bridgehead atoms. The van der Waals surface area contributed by atoms with Gasteiger partial charge in [0.25, 0.3) is 0 Å². The maximum absolute atomic E-state index is 13.0. The van der Waals surface area contributed by atoms with E-state index in [1.54, 1.807) is 12.1 Å². The van der Waals surface area contributed by atoms with Crippen LogP contribution in [0.15, 0.2) is 64.3 Å². The summed E-state index contributed by atoms with van der Waals surface area (Å²) in [6.07, 6.45) is 0.00651. The van der Waals surface area contributed by atoms with Gasteiger partial charge in [-0.1, -0.05) is 23.7 Å². The topological polar surface area (TPSA) is 108 Å². The van der Waals surface area contributed by atoms with Gasteiger partial charge in [-0.25, -0.2) is 9.79 Å². The number of alkyl halides is 3. The summed E-state index contributed by atoms with van der Waals surface area (Å²) in [6.45, 7) is 5.85. The molecule has 3 aliphatic rings. The van der Waals surface area contributed by atoms with Crippen molar-refractivity contribution in [3.63, 3.8) is 0 Å². The minimum atomic E-state index is -4.52. The van der Waals surface area contributed by atoms with Crippen LogP contribution < -0.4 is 16.4 Å².